The highest BCUT2D eigenvalue weighted by molar-refractivity contribution is 9.10. The van der Waals surface area contributed by atoms with Crippen LogP contribution < -0.4 is 0 Å². The first-order valence-electron chi connectivity index (χ1n) is 3.46. The van der Waals surface area contributed by atoms with Crippen LogP contribution in [0.4, 0.5) is 0 Å². The molecule has 1 aromatic carbocycles. The van der Waals surface area contributed by atoms with Gasteiger partial charge in [-0.2, -0.15) is 0 Å². The molecule has 0 fully saturated rings. The van der Waals surface area contributed by atoms with E-state index in [1.165, 1.54) is 0 Å². The fourth-order valence-electron chi connectivity index (χ4n) is 1.12. The average Bonchev–Trinajstić information content (AvgIpc) is 2.04. The molecule has 2 aromatic rings. The molecule has 0 spiro atoms. The minimum Gasteiger partial charge on any atom is -0.264 e. The first kappa shape index (κ1) is 8.02. The number of pyridine rings is 1. The molecule has 3 heteroatoms. The summed E-state index contributed by atoms with van der Waals surface area (Å²) in [6.45, 7) is 0. The zero-order chi connectivity index (χ0) is 8.55. The smallest absolute Gasteiger partial charge is 0.0511 e. The van der Waals surface area contributed by atoms with E-state index in [9.17, 15) is 0 Å². The Labute approximate surface area is 83.5 Å². The van der Waals surface area contributed by atoms with Gasteiger partial charge in [-0.15, -0.1) is 0 Å². The van der Waals surface area contributed by atoms with Gasteiger partial charge in [0.1, 0.15) is 0 Å². The molecular weight excluding hydrogens is 237 g/mol. The molecule has 0 bridgehead atoms. The van der Waals surface area contributed by atoms with E-state index in [1.54, 1.807) is 12.4 Å². The number of hydrogen-bond donors (Lipinski definition) is 0. The van der Waals surface area contributed by atoms with E-state index < -0.39 is 0 Å². The summed E-state index contributed by atoms with van der Waals surface area (Å²) < 4.78 is 0.992. The van der Waals surface area contributed by atoms with Crippen molar-refractivity contribution in [1.29, 1.82) is 0 Å². The van der Waals surface area contributed by atoms with Crippen molar-refractivity contribution in [1.82, 2.24) is 4.98 Å². The first-order valence-corrected chi connectivity index (χ1v) is 4.63. The Morgan fingerprint density at radius 3 is 3.00 bits per heavy atom. The number of nitrogens with zero attached hydrogens (tertiary/aromatic N) is 1. The van der Waals surface area contributed by atoms with Crippen LogP contribution in [-0.2, 0) is 0 Å². The van der Waals surface area contributed by atoms with Crippen LogP contribution in [0.3, 0.4) is 0 Å². The lowest BCUT2D eigenvalue weighted by atomic mass is 10.2. The second kappa shape index (κ2) is 3.04. The lowest BCUT2D eigenvalue weighted by Gasteiger charge is -1.99. The van der Waals surface area contributed by atoms with Crippen molar-refractivity contribution in [3.63, 3.8) is 0 Å². The maximum Gasteiger partial charge on any atom is 0.0511 e. The van der Waals surface area contributed by atoms with Gasteiger partial charge >= 0.3 is 0 Å². The summed E-state index contributed by atoms with van der Waals surface area (Å²) in [7, 11) is 0. The zero-order valence-electron chi connectivity index (χ0n) is 6.09. The first-order chi connectivity index (χ1) is 5.77. The summed E-state index contributed by atoms with van der Waals surface area (Å²) >= 11 is 9.37. The van der Waals surface area contributed by atoms with Crippen molar-refractivity contribution in [3.8, 4) is 0 Å². The quantitative estimate of drug-likeness (QED) is 0.687. The second-order valence-corrected chi connectivity index (χ2v) is 3.81. The van der Waals surface area contributed by atoms with Crippen molar-refractivity contribution < 1.29 is 0 Å². The molecule has 0 aliphatic rings. The fourth-order valence-corrected chi connectivity index (χ4v) is 2.00. The number of fused-ring (bicyclic) bond motifs is 1. The molecule has 60 valence electrons. The molecule has 0 unspecified atom stereocenters. The van der Waals surface area contributed by atoms with Crippen LogP contribution in [0.1, 0.15) is 0 Å². The molecule has 0 amide bonds. The third-order valence-electron chi connectivity index (χ3n) is 1.67. The van der Waals surface area contributed by atoms with E-state index in [2.05, 4.69) is 20.9 Å². The molecular formula is C9H5BrClN. The second-order valence-electron chi connectivity index (χ2n) is 2.48. The summed E-state index contributed by atoms with van der Waals surface area (Å²) in [5.41, 5.74) is 0. The highest BCUT2D eigenvalue weighted by Crippen LogP contribution is 2.26. The summed E-state index contributed by atoms with van der Waals surface area (Å²) in [6, 6.07) is 5.82. The highest BCUT2D eigenvalue weighted by Gasteiger charge is 1.99. The summed E-state index contributed by atoms with van der Waals surface area (Å²) in [5.74, 6) is 0. The van der Waals surface area contributed by atoms with Crippen molar-refractivity contribution in [2.24, 2.45) is 0 Å². The van der Waals surface area contributed by atoms with Crippen LogP contribution in [0.15, 0.2) is 35.1 Å². The summed E-state index contributed by atoms with van der Waals surface area (Å²) in [6.07, 6.45) is 3.52. The Morgan fingerprint density at radius 1 is 1.33 bits per heavy atom. The summed E-state index contributed by atoms with van der Waals surface area (Å²) in [4.78, 5) is 4.00. The average molecular weight is 243 g/mol. The SMILES string of the molecule is Clc1cc(Br)cc2ccncc12. The maximum absolute atomic E-state index is 5.99. The molecule has 1 aromatic heterocycles. The Bertz CT molecular complexity index is 428. The van der Waals surface area contributed by atoms with E-state index in [0.717, 1.165) is 20.3 Å². The Kier molecular flexibility index (Phi) is 2.03. The van der Waals surface area contributed by atoms with Gasteiger partial charge in [-0.1, -0.05) is 27.5 Å². The zero-order valence-corrected chi connectivity index (χ0v) is 8.43. The molecule has 0 N–H and O–H groups in total. The van der Waals surface area contributed by atoms with Gasteiger partial charge in [-0.25, -0.2) is 0 Å². The van der Waals surface area contributed by atoms with Crippen LogP contribution in [0.5, 0.6) is 0 Å². The maximum atomic E-state index is 5.99. The predicted octanol–water partition coefficient (Wildman–Crippen LogP) is 3.65. The fraction of sp³-hybridized carbons (Fsp3) is 0. The molecule has 0 aliphatic heterocycles. The number of hydrogen-bond acceptors (Lipinski definition) is 1. The van der Waals surface area contributed by atoms with Crippen molar-refractivity contribution in [2.75, 3.05) is 0 Å². The Morgan fingerprint density at radius 2 is 2.17 bits per heavy atom. The largest absolute Gasteiger partial charge is 0.264 e. The lowest BCUT2D eigenvalue weighted by molar-refractivity contribution is 1.36. The van der Waals surface area contributed by atoms with E-state index in [-0.39, 0.29) is 0 Å². The van der Waals surface area contributed by atoms with Crippen LogP contribution in [0.2, 0.25) is 5.02 Å². The van der Waals surface area contributed by atoms with E-state index in [0.29, 0.717) is 0 Å². The van der Waals surface area contributed by atoms with Crippen molar-refractivity contribution >= 4 is 38.3 Å². The number of halogens is 2. The van der Waals surface area contributed by atoms with Crippen LogP contribution in [-0.4, -0.2) is 4.98 Å². The van der Waals surface area contributed by atoms with Gasteiger partial charge < -0.3 is 0 Å². The molecule has 1 heterocycles. The summed E-state index contributed by atoms with van der Waals surface area (Å²) in [5, 5.41) is 2.82. The normalized spacial score (nSPS) is 10.5. The number of aromatic nitrogens is 1. The van der Waals surface area contributed by atoms with Crippen molar-refractivity contribution in [3.05, 3.63) is 40.1 Å². The molecule has 12 heavy (non-hydrogen) atoms. The minimum atomic E-state index is 0.729. The number of benzene rings is 1. The van der Waals surface area contributed by atoms with Crippen LogP contribution >= 0.6 is 27.5 Å². The molecule has 1 nitrogen and oxygen atoms in total. The standard InChI is InChI=1S/C9H5BrClN/c10-7-3-6-1-2-12-5-8(6)9(11)4-7/h1-5H. The van der Waals surface area contributed by atoms with Gasteiger partial charge in [0.15, 0.2) is 0 Å². The highest BCUT2D eigenvalue weighted by atomic mass is 79.9. The Hall–Kier alpha value is -0.600. The van der Waals surface area contributed by atoms with Crippen LogP contribution in [0, 0.1) is 0 Å². The predicted molar refractivity (Wildman–Crippen MR) is 54.5 cm³/mol. The lowest BCUT2D eigenvalue weighted by Crippen LogP contribution is -1.76. The molecule has 0 aliphatic carbocycles. The third kappa shape index (κ3) is 1.32. The third-order valence-corrected chi connectivity index (χ3v) is 2.44. The topological polar surface area (TPSA) is 12.9 Å². The molecule has 2 rings (SSSR count). The molecule has 0 saturated carbocycles. The van der Waals surface area contributed by atoms with Crippen molar-refractivity contribution in [2.45, 2.75) is 0 Å². The van der Waals surface area contributed by atoms with E-state index in [4.69, 9.17) is 11.6 Å². The molecule has 0 atom stereocenters. The van der Waals surface area contributed by atoms with Gasteiger partial charge in [-0.05, 0) is 23.6 Å². The van der Waals surface area contributed by atoms with Crippen LogP contribution in [0.25, 0.3) is 10.8 Å². The Balaban J connectivity index is 2.89. The molecule has 0 radical (unpaired) electrons. The monoisotopic (exact) mass is 241 g/mol. The van der Waals surface area contributed by atoms with Gasteiger partial charge in [0.25, 0.3) is 0 Å². The van der Waals surface area contributed by atoms with E-state index >= 15 is 0 Å². The van der Waals surface area contributed by atoms with Gasteiger partial charge in [-0.3, -0.25) is 4.98 Å². The van der Waals surface area contributed by atoms with Gasteiger partial charge in [0, 0.05) is 22.3 Å². The molecule has 0 saturated heterocycles. The minimum absolute atomic E-state index is 0.729. The number of rotatable bonds is 0. The van der Waals surface area contributed by atoms with Gasteiger partial charge in [0.2, 0.25) is 0 Å². The van der Waals surface area contributed by atoms with E-state index in [1.807, 2.05) is 18.2 Å². The van der Waals surface area contributed by atoms with Gasteiger partial charge in [0.05, 0.1) is 5.02 Å².